The number of hydrogen-bond donors (Lipinski definition) is 0. The van der Waals surface area contributed by atoms with E-state index in [0.29, 0.717) is 0 Å². The average molecular weight is 204 g/mol. The van der Waals surface area contributed by atoms with Crippen molar-refractivity contribution >= 4 is 11.3 Å². The van der Waals surface area contributed by atoms with Crippen LogP contribution in [0.4, 0.5) is 5.69 Å². The van der Waals surface area contributed by atoms with Gasteiger partial charge in [-0.1, -0.05) is 0 Å². The van der Waals surface area contributed by atoms with Gasteiger partial charge in [-0.2, -0.15) is 5.10 Å². The van der Waals surface area contributed by atoms with Crippen LogP contribution in [-0.2, 0) is 0 Å². The molecule has 0 aliphatic carbocycles. The number of nitrogens with zero attached hydrogens (tertiary/aromatic N) is 4. The normalized spacial score (nSPS) is 10.9. The molecule has 0 amide bonds. The predicted octanol–water partition coefficient (Wildman–Crippen LogP) is 1.80. The standard InChI is InChI=1S/C11H16N4/c1-5-14(4)10-7-12-11-6-8(2)13-15(11)9(10)3/h6-7H,5H2,1-4H3. The predicted molar refractivity (Wildman–Crippen MR) is 61.4 cm³/mol. The van der Waals surface area contributed by atoms with Gasteiger partial charge in [0, 0.05) is 19.7 Å². The Balaban J connectivity index is 2.64. The molecule has 80 valence electrons. The Labute approximate surface area is 89.5 Å². The van der Waals surface area contributed by atoms with Crippen LogP contribution in [0.3, 0.4) is 0 Å². The Morgan fingerprint density at radius 3 is 2.80 bits per heavy atom. The molecule has 2 aromatic rings. The maximum atomic E-state index is 4.42. The van der Waals surface area contributed by atoms with E-state index in [1.807, 2.05) is 23.7 Å². The minimum absolute atomic E-state index is 0.915. The molecule has 0 N–H and O–H groups in total. The van der Waals surface area contributed by atoms with E-state index in [4.69, 9.17) is 0 Å². The van der Waals surface area contributed by atoms with Crippen molar-refractivity contribution in [1.29, 1.82) is 0 Å². The fraction of sp³-hybridized carbons (Fsp3) is 0.455. The zero-order chi connectivity index (χ0) is 11.0. The SMILES string of the molecule is CCN(C)c1cnc2cc(C)nn2c1C. The number of aromatic nitrogens is 3. The van der Waals surface area contributed by atoms with Crippen molar-refractivity contribution < 1.29 is 0 Å². The van der Waals surface area contributed by atoms with Crippen LogP contribution in [0.5, 0.6) is 0 Å². The zero-order valence-corrected chi connectivity index (χ0v) is 9.65. The van der Waals surface area contributed by atoms with Crippen molar-refractivity contribution in [3.63, 3.8) is 0 Å². The van der Waals surface area contributed by atoms with Crippen molar-refractivity contribution in [2.45, 2.75) is 20.8 Å². The third-order valence-electron chi connectivity index (χ3n) is 2.71. The maximum Gasteiger partial charge on any atom is 0.155 e. The van der Waals surface area contributed by atoms with Crippen molar-refractivity contribution in [2.24, 2.45) is 0 Å². The minimum Gasteiger partial charge on any atom is -0.372 e. The number of aryl methyl sites for hydroxylation is 2. The summed E-state index contributed by atoms with van der Waals surface area (Å²) in [7, 11) is 2.06. The largest absolute Gasteiger partial charge is 0.372 e. The van der Waals surface area contributed by atoms with Gasteiger partial charge < -0.3 is 4.90 Å². The quantitative estimate of drug-likeness (QED) is 0.748. The van der Waals surface area contributed by atoms with Gasteiger partial charge in [0.05, 0.1) is 23.3 Å². The topological polar surface area (TPSA) is 33.4 Å². The molecule has 0 saturated carbocycles. The van der Waals surface area contributed by atoms with Crippen molar-refractivity contribution in [2.75, 3.05) is 18.5 Å². The molecular weight excluding hydrogens is 188 g/mol. The van der Waals surface area contributed by atoms with Crippen molar-refractivity contribution in [3.05, 3.63) is 23.7 Å². The summed E-state index contributed by atoms with van der Waals surface area (Å²) in [5.74, 6) is 0. The first-order valence-corrected chi connectivity index (χ1v) is 5.16. The van der Waals surface area contributed by atoms with Gasteiger partial charge in [-0.05, 0) is 20.8 Å². The Hall–Kier alpha value is -1.58. The smallest absolute Gasteiger partial charge is 0.155 e. The second-order valence-electron chi connectivity index (χ2n) is 3.80. The Bertz CT molecular complexity index is 487. The summed E-state index contributed by atoms with van der Waals surface area (Å²) >= 11 is 0. The molecule has 0 fully saturated rings. The van der Waals surface area contributed by atoms with E-state index < -0.39 is 0 Å². The molecule has 2 rings (SSSR count). The number of hydrogen-bond acceptors (Lipinski definition) is 3. The molecule has 0 aromatic carbocycles. The highest BCUT2D eigenvalue weighted by Gasteiger charge is 2.08. The van der Waals surface area contributed by atoms with E-state index in [0.717, 1.165) is 29.3 Å². The molecule has 0 aliphatic rings. The molecule has 0 saturated heterocycles. The fourth-order valence-electron chi connectivity index (χ4n) is 1.70. The summed E-state index contributed by atoms with van der Waals surface area (Å²) in [6.45, 7) is 7.15. The van der Waals surface area contributed by atoms with Gasteiger partial charge in [0.25, 0.3) is 0 Å². The summed E-state index contributed by atoms with van der Waals surface area (Å²) < 4.78 is 1.90. The maximum absolute atomic E-state index is 4.42. The molecule has 0 atom stereocenters. The lowest BCUT2D eigenvalue weighted by molar-refractivity contribution is 0.852. The lowest BCUT2D eigenvalue weighted by atomic mass is 10.3. The van der Waals surface area contributed by atoms with Crippen LogP contribution in [0.25, 0.3) is 5.65 Å². The summed E-state index contributed by atoms with van der Waals surface area (Å²) in [5.41, 5.74) is 4.19. The van der Waals surface area contributed by atoms with Crippen LogP contribution in [-0.4, -0.2) is 28.2 Å². The van der Waals surface area contributed by atoms with Gasteiger partial charge >= 0.3 is 0 Å². The van der Waals surface area contributed by atoms with Gasteiger partial charge in [0.15, 0.2) is 5.65 Å². The van der Waals surface area contributed by atoms with Crippen LogP contribution in [0.2, 0.25) is 0 Å². The zero-order valence-electron chi connectivity index (χ0n) is 9.65. The van der Waals surface area contributed by atoms with Crippen molar-refractivity contribution in [1.82, 2.24) is 14.6 Å². The lowest BCUT2D eigenvalue weighted by Gasteiger charge is -2.18. The van der Waals surface area contributed by atoms with Gasteiger partial charge in [0.1, 0.15) is 0 Å². The molecule has 0 radical (unpaired) electrons. The average Bonchev–Trinajstić information content (AvgIpc) is 2.59. The van der Waals surface area contributed by atoms with Crippen LogP contribution in [0.1, 0.15) is 18.3 Å². The van der Waals surface area contributed by atoms with E-state index in [2.05, 4.69) is 35.9 Å². The first-order chi connectivity index (χ1) is 7.13. The Morgan fingerprint density at radius 1 is 1.40 bits per heavy atom. The first kappa shape index (κ1) is 9.96. The molecule has 0 aliphatic heterocycles. The van der Waals surface area contributed by atoms with Gasteiger partial charge in [-0.15, -0.1) is 0 Å². The highest BCUT2D eigenvalue weighted by Crippen LogP contribution is 2.18. The third-order valence-corrected chi connectivity index (χ3v) is 2.71. The monoisotopic (exact) mass is 204 g/mol. The molecule has 4 heteroatoms. The molecule has 0 unspecified atom stereocenters. The first-order valence-electron chi connectivity index (χ1n) is 5.16. The minimum atomic E-state index is 0.915. The van der Waals surface area contributed by atoms with E-state index >= 15 is 0 Å². The summed E-state index contributed by atoms with van der Waals surface area (Å²) in [4.78, 5) is 6.56. The van der Waals surface area contributed by atoms with E-state index in [9.17, 15) is 0 Å². The molecule has 4 nitrogen and oxygen atoms in total. The van der Waals surface area contributed by atoms with E-state index in [1.165, 1.54) is 0 Å². The van der Waals surface area contributed by atoms with Crippen LogP contribution < -0.4 is 4.90 Å². The second kappa shape index (κ2) is 3.53. The number of anilines is 1. The summed E-state index contributed by atoms with van der Waals surface area (Å²) in [6, 6.07) is 1.99. The molecular formula is C11H16N4. The highest BCUT2D eigenvalue weighted by atomic mass is 15.3. The van der Waals surface area contributed by atoms with Gasteiger partial charge in [-0.25, -0.2) is 9.50 Å². The highest BCUT2D eigenvalue weighted by molar-refractivity contribution is 5.53. The fourth-order valence-corrected chi connectivity index (χ4v) is 1.70. The van der Waals surface area contributed by atoms with E-state index in [-0.39, 0.29) is 0 Å². The van der Waals surface area contributed by atoms with Gasteiger partial charge in [0.2, 0.25) is 0 Å². The van der Waals surface area contributed by atoms with E-state index in [1.54, 1.807) is 0 Å². The molecule has 15 heavy (non-hydrogen) atoms. The Morgan fingerprint density at radius 2 is 2.13 bits per heavy atom. The van der Waals surface area contributed by atoms with Crippen LogP contribution >= 0.6 is 0 Å². The lowest BCUT2D eigenvalue weighted by Crippen LogP contribution is -2.18. The summed E-state index contributed by atoms with van der Waals surface area (Å²) in [5, 5.41) is 4.42. The number of rotatable bonds is 2. The van der Waals surface area contributed by atoms with Gasteiger partial charge in [-0.3, -0.25) is 0 Å². The van der Waals surface area contributed by atoms with Crippen molar-refractivity contribution in [3.8, 4) is 0 Å². The Kier molecular flexibility index (Phi) is 2.34. The second-order valence-corrected chi connectivity index (χ2v) is 3.80. The summed E-state index contributed by atoms with van der Waals surface area (Å²) in [6.07, 6.45) is 1.91. The van der Waals surface area contributed by atoms with Crippen LogP contribution in [0.15, 0.2) is 12.3 Å². The molecule has 2 heterocycles. The molecule has 0 spiro atoms. The third kappa shape index (κ3) is 1.56. The molecule has 0 bridgehead atoms. The van der Waals surface area contributed by atoms with Crippen LogP contribution in [0, 0.1) is 13.8 Å². The molecule has 2 aromatic heterocycles. The number of fused-ring (bicyclic) bond motifs is 1.